The average Bonchev–Trinajstić information content (AvgIpc) is 2.82. The van der Waals surface area contributed by atoms with Gasteiger partial charge in [-0.3, -0.25) is 0 Å². The summed E-state index contributed by atoms with van der Waals surface area (Å²) < 4.78 is 2.22. The number of rotatable bonds is 5. The first-order chi connectivity index (χ1) is 9.84. The van der Waals surface area contributed by atoms with Crippen molar-refractivity contribution in [2.45, 2.75) is 38.6 Å². The SMILES string of the molecule is Cl.Cn1cc(CNCCC2=CCCCC2)c2ccccc21. The number of nitrogens with zero attached hydrogens (tertiary/aromatic N) is 1. The number of fused-ring (bicyclic) bond motifs is 1. The molecule has 0 unspecified atom stereocenters. The maximum atomic E-state index is 3.60. The maximum Gasteiger partial charge on any atom is 0.0481 e. The Morgan fingerprint density at radius 2 is 2.05 bits per heavy atom. The summed E-state index contributed by atoms with van der Waals surface area (Å²) in [5.74, 6) is 0. The normalized spacial score (nSPS) is 14.8. The van der Waals surface area contributed by atoms with Gasteiger partial charge >= 0.3 is 0 Å². The van der Waals surface area contributed by atoms with Crippen molar-refractivity contribution >= 4 is 23.3 Å². The van der Waals surface area contributed by atoms with E-state index in [1.165, 1.54) is 48.6 Å². The van der Waals surface area contributed by atoms with E-state index in [2.05, 4.69) is 53.5 Å². The number of halogens is 1. The van der Waals surface area contributed by atoms with E-state index in [0.717, 1.165) is 13.1 Å². The predicted octanol–water partition coefficient (Wildman–Crippen LogP) is 4.58. The van der Waals surface area contributed by atoms with Crippen molar-refractivity contribution in [1.82, 2.24) is 9.88 Å². The van der Waals surface area contributed by atoms with Gasteiger partial charge in [-0.15, -0.1) is 12.4 Å². The molecular formula is C18H25ClN2. The molecule has 1 aromatic heterocycles. The molecule has 0 fully saturated rings. The molecule has 0 bridgehead atoms. The zero-order chi connectivity index (χ0) is 13.8. The fraction of sp³-hybridized carbons (Fsp3) is 0.444. The van der Waals surface area contributed by atoms with Gasteiger partial charge < -0.3 is 9.88 Å². The Labute approximate surface area is 133 Å². The first kappa shape index (κ1) is 16.1. The molecule has 0 radical (unpaired) electrons. The van der Waals surface area contributed by atoms with Crippen LogP contribution < -0.4 is 5.32 Å². The topological polar surface area (TPSA) is 17.0 Å². The molecule has 3 heteroatoms. The lowest BCUT2D eigenvalue weighted by molar-refractivity contribution is 0.633. The highest BCUT2D eigenvalue weighted by Crippen LogP contribution is 2.21. The van der Waals surface area contributed by atoms with E-state index in [0.29, 0.717) is 0 Å². The van der Waals surface area contributed by atoms with Crippen LogP contribution in [-0.4, -0.2) is 11.1 Å². The Bertz CT molecular complexity index is 613. The van der Waals surface area contributed by atoms with Crippen LogP contribution in [0.2, 0.25) is 0 Å². The lowest BCUT2D eigenvalue weighted by Gasteiger charge is -2.12. The Balaban J connectivity index is 0.00000161. The van der Waals surface area contributed by atoms with Gasteiger partial charge in [0.05, 0.1) is 0 Å². The van der Waals surface area contributed by atoms with Crippen molar-refractivity contribution in [1.29, 1.82) is 0 Å². The number of para-hydroxylation sites is 1. The molecule has 0 saturated carbocycles. The number of aromatic nitrogens is 1. The Kier molecular flexibility index (Phi) is 5.89. The average molecular weight is 305 g/mol. The van der Waals surface area contributed by atoms with Crippen molar-refractivity contribution in [3.63, 3.8) is 0 Å². The second kappa shape index (κ2) is 7.67. The van der Waals surface area contributed by atoms with Crippen LogP contribution in [0.3, 0.4) is 0 Å². The zero-order valence-electron chi connectivity index (χ0n) is 12.8. The van der Waals surface area contributed by atoms with Crippen LogP contribution in [0.1, 0.15) is 37.7 Å². The van der Waals surface area contributed by atoms with Crippen molar-refractivity contribution in [3.8, 4) is 0 Å². The summed E-state index contributed by atoms with van der Waals surface area (Å²) in [5.41, 5.74) is 4.38. The molecule has 2 aromatic rings. The van der Waals surface area contributed by atoms with Gasteiger partial charge in [0, 0.05) is 30.7 Å². The van der Waals surface area contributed by atoms with Crippen molar-refractivity contribution in [2.75, 3.05) is 6.54 Å². The van der Waals surface area contributed by atoms with Gasteiger partial charge in [-0.2, -0.15) is 0 Å². The first-order valence-corrected chi connectivity index (χ1v) is 7.76. The van der Waals surface area contributed by atoms with Gasteiger partial charge in [-0.25, -0.2) is 0 Å². The quantitative estimate of drug-likeness (QED) is 0.632. The minimum Gasteiger partial charge on any atom is -0.350 e. The van der Waals surface area contributed by atoms with Crippen LogP contribution in [0.4, 0.5) is 0 Å². The Morgan fingerprint density at radius 1 is 1.19 bits per heavy atom. The van der Waals surface area contributed by atoms with Crippen LogP contribution in [0, 0.1) is 0 Å². The van der Waals surface area contributed by atoms with Crippen LogP contribution in [-0.2, 0) is 13.6 Å². The molecule has 1 aliphatic carbocycles. The monoisotopic (exact) mass is 304 g/mol. The molecule has 0 spiro atoms. The summed E-state index contributed by atoms with van der Waals surface area (Å²) in [6.07, 6.45) is 11.3. The van der Waals surface area contributed by atoms with E-state index in [1.807, 2.05) is 0 Å². The number of hydrogen-bond acceptors (Lipinski definition) is 1. The largest absolute Gasteiger partial charge is 0.350 e. The molecule has 0 saturated heterocycles. The van der Waals surface area contributed by atoms with E-state index in [9.17, 15) is 0 Å². The Morgan fingerprint density at radius 3 is 2.86 bits per heavy atom. The van der Waals surface area contributed by atoms with Gasteiger partial charge in [-0.05, 0) is 50.3 Å². The van der Waals surface area contributed by atoms with E-state index >= 15 is 0 Å². The minimum absolute atomic E-state index is 0. The first-order valence-electron chi connectivity index (χ1n) is 7.76. The second-order valence-corrected chi connectivity index (χ2v) is 5.82. The summed E-state index contributed by atoms with van der Waals surface area (Å²) in [7, 11) is 2.12. The Hall–Kier alpha value is -1.25. The fourth-order valence-electron chi connectivity index (χ4n) is 3.17. The summed E-state index contributed by atoms with van der Waals surface area (Å²) in [5, 5.41) is 4.97. The van der Waals surface area contributed by atoms with Crippen molar-refractivity contribution in [3.05, 3.63) is 47.7 Å². The molecule has 0 atom stereocenters. The zero-order valence-corrected chi connectivity index (χ0v) is 13.6. The van der Waals surface area contributed by atoms with Gasteiger partial charge in [0.2, 0.25) is 0 Å². The van der Waals surface area contributed by atoms with E-state index in [-0.39, 0.29) is 12.4 Å². The number of aryl methyl sites for hydroxylation is 1. The molecular weight excluding hydrogens is 280 g/mol. The highest BCUT2D eigenvalue weighted by atomic mass is 35.5. The van der Waals surface area contributed by atoms with E-state index in [1.54, 1.807) is 5.57 Å². The molecule has 1 aromatic carbocycles. The smallest absolute Gasteiger partial charge is 0.0481 e. The summed E-state index contributed by atoms with van der Waals surface area (Å²) in [4.78, 5) is 0. The van der Waals surface area contributed by atoms with Crippen molar-refractivity contribution in [2.24, 2.45) is 7.05 Å². The highest BCUT2D eigenvalue weighted by molar-refractivity contribution is 5.85. The van der Waals surface area contributed by atoms with Crippen LogP contribution in [0.5, 0.6) is 0 Å². The number of allylic oxidation sites excluding steroid dienone is 1. The van der Waals surface area contributed by atoms with Gasteiger partial charge in [-0.1, -0.05) is 29.8 Å². The fourth-order valence-corrected chi connectivity index (χ4v) is 3.17. The van der Waals surface area contributed by atoms with Crippen molar-refractivity contribution < 1.29 is 0 Å². The summed E-state index contributed by atoms with van der Waals surface area (Å²) >= 11 is 0. The maximum absolute atomic E-state index is 3.60. The highest BCUT2D eigenvalue weighted by Gasteiger charge is 2.06. The van der Waals surface area contributed by atoms with Gasteiger partial charge in [0.1, 0.15) is 0 Å². The molecule has 1 N–H and O–H groups in total. The predicted molar refractivity (Wildman–Crippen MR) is 93.0 cm³/mol. The molecule has 1 heterocycles. The summed E-state index contributed by atoms with van der Waals surface area (Å²) in [6, 6.07) is 8.63. The standard InChI is InChI=1S/C18H24N2.ClH/c1-20-14-16(17-9-5-6-10-18(17)20)13-19-12-11-15-7-3-2-4-8-15;/h5-7,9-10,14,19H,2-4,8,11-13H2,1H3;1H. The molecule has 3 rings (SSSR count). The molecule has 21 heavy (non-hydrogen) atoms. The van der Waals surface area contributed by atoms with Crippen LogP contribution in [0.25, 0.3) is 10.9 Å². The second-order valence-electron chi connectivity index (χ2n) is 5.82. The third-order valence-electron chi connectivity index (χ3n) is 4.30. The number of hydrogen-bond donors (Lipinski definition) is 1. The molecule has 1 aliphatic rings. The minimum atomic E-state index is 0. The molecule has 0 amide bonds. The van der Waals surface area contributed by atoms with E-state index < -0.39 is 0 Å². The number of nitrogens with one attached hydrogen (secondary N) is 1. The molecule has 114 valence electrons. The third-order valence-corrected chi connectivity index (χ3v) is 4.30. The van der Waals surface area contributed by atoms with Crippen LogP contribution >= 0.6 is 12.4 Å². The van der Waals surface area contributed by atoms with Crippen LogP contribution in [0.15, 0.2) is 42.1 Å². The van der Waals surface area contributed by atoms with Gasteiger partial charge in [0.15, 0.2) is 0 Å². The van der Waals surface area contributed by atoms with Gasteiger partial charge in [0.25, 0.3) is 0 Å². The number of benzene rings is 1. The molecule has 0 aliphatic heterocycles. The lowest BCUT2D eigenvalue weighted by Crippen LogP contribution is -2.15. The van der Waals surface area contributed by atoms with E-state index in [4.69, 9.17) is 0 Å². The summed E-state index contributed by atoms with van der Waals surface area (Å²) in [6.45, 7) is 2.06. The molecule has 2 nitrogen and oxygen atoms in total. The lowest BCUT2D eigenvalue weighted by atomic mass is 9.97. The third kappa shape index (κ3) is 3.90.